The van der Waals surface area contributed by atoms with Gasteiger partial charge in [0.25, 0.3) is 17.7 Å². The van der Waals surface area contributed by atoms with Crippen LogP contribution in [0.3, 0.4) is 0 Å². The number of piperidine rings is 1. The molecule has 7 heteroatoms. The maximum atomic E-state index is 13.2. The topological polar surface area (TPSA) is 69.7 Å². The number of hydrogen-bond acceptors (Lipinski definition) is 4. The Morgan fingerprint density at radius 3 is 2.52 bits per heavy atom. The van der Waals surface area contributed by atoms with Crippen LogP contribution in [0.15, 0.2) is 59.3 Å². The standard InChI is InChI=1S/C26H28ClN3O3/c1-3-17-11-13-21(14-12-17)30-25(32)22(27)23(26(30)33)28-19-9-7-8-18(16-19)24(31)29-15-6-5-10-20(29)4-2/h7-9,11-14,16,20,28H,3-6,10,15H2,1-2H3. The molecule has 0 saturated carbocycles. The number of carbonyl (C=O) groups is 3. The molecule has 0 bridgehead atoms. The van der Waals surface area contributed by atoms with E-state index in [2.05, 4.69) is 12.2 Å². The third-order valence-electron chi connectivity index (χ3n) is 6.37. The summed E-state index contributed by atoms with van der Waals surface area (Å²) in [4.78, 5) is 42.0. The maximum Gasteiger partial charge on any atom is 0.283 e. The van der Waals surface area contributed by atoms with E-state index in [1.54, 1.807) is 36.4 Å². The predicted octanol–water partition coefficient (Wildman–Crippen LogP) is 5.09. The second-order valence-electron chi connectivity index (χ2n) is 8.42. The Labute approximate surface area is 199 Å². The Kier molecular flexibility index (Phi) is 6.84. The number of nitrogens with one attached hydrogen (secondary N) is 1. The minimum Gasteiger partial charge on any atom is -0.350 e. The SMILES string of the molecule is CCc1ccc(N2C(=O)C(Cl)=C(Nc3cccc(C(=O)N4CCCCC4CC)c3)C2=O)cc1. The van der Waals surface area contributed by atoms with Crippen LogP contribution in [0, 0.1) is 0 Å². The number of amides is 3. The number of likely N-dealkylation sites (tertiary alicyclic amines) is 1. The lowest BCUT2D eigenvalue weighted by Gasteiger charge is -2.35. The molecule has 2 heterocycles. The number of hydrogen-bond donors (Lipinski definition) is 1. The summed E-state index contributed by atoms with van der Waals surface area (Å²) in [5.41, 5.74) is 2.66. The molecule has 172 valence electrons. The molecule has 1 unspecified atom stereocenters. The molecule has 1 fully saturated rings. The fourth-order valence-electron chi connectivity index (χ4n) is 4.46. The molecular weight excluding hydrogens is 438 g/mol. The summed E-state index contributed by atoms with van der Waals surface area (Å²) in [7, 11) is 0. The van der Waals surface area contributed by atoms with E-state index in [1.165, 1.54) is 0 Å². The van der Waals surface area contributed by atoms with E-state index in [4.69, 9.17) is 11.6 Å². The molecule has 2 aromatic rings. The van der Waals surface area contributed by atoms with Gasteiger partial charge in [-0.2, -0.15) is 0 Å². The van der Waals surface area contributed by atoms with E-state index in [9.17, 15) is 14.4 Å². The predicted molar refractivity (Wildman–Crippen MR) is 130 cm³/mol. The van der Waals surface area contributed by atoms with Crippen LogP contribution in [0.2, 0.25) is 0 Å². The molecule has 4 rings (SSSR count). The van der Waals surface area contributed by atoms with Gasteiger partial charge in [0.05, 0.1) is 5.69 Å². The Hall–Kier alpha value is -3.12. The van der Waals surface area contributed by atoms with Crippen molar-refractivity contribution >= 4 is 40.7 Å². The van der Waals surface area contributed by atoms with Gasteiger partial charge in [0.15, 0.2) is 0 Å². The van der Waals surface area contributed by atoms with E-state index in [0.717, 1.165) is 49.1 Å². The number of nitrogens with zero attached hydrogens (tertiary/aromatic N) is 2. The second-order valence-corrected chi connectivity index (χ2v) is 8.79. The van der Waals surface area contributed by atoms with Crippen molar-refractivity contribution < 1.29 is 14.4 Å². The first-order valence-electron chi connectivity index (χ1n) is 11.5. The van der Waals surface area contributed by atoms with Crippen LogP contribution in [0.4, 0.5) is 11.4 Å². The highest BCUT2D eigenvalue weighted by atomic mass is 35.5. The highest BCUT2D eigenvalue weighted by molar-refractivity contribution is 6.53. The Morgan fingerprint density at radius 1 is 1.06 bits per heavy atom. The molecule has 1 atom stereocenters. The van der Waals surface area contributed by atoms with Crippen molar-refractivity contribution in [3.05, 3.63) is 70.4 Å². The molecule has 6 nitrogen and oxygen atoms in total. The highest BCUT2D eigenvalue weighted by Crippen LogP contribution is 2.31. The van der Waals surface area contributed by atoms with Gasteiger partial charge in [0.1, 0.15) is 10.7 Å². The lowest BCUT2D eigenvalue weighted by molar-refractivity contribution is -0.120. The van der Waals surface area contributed by atoms with Gasteiger partial charge in [0.2, 0.25) is 0 Å². The number of carbonyl (C=O) groups excluding carboxylic acids is 3. The number of imide groups is 1. The van der Waals surface area contributed by atoms with Crippen LogP contribution < -0.4 is 10.2 Å². The number of halogens is 1. The van der Waals surface area contributed by atoms with Crippen LogP contribution in [-0.2, 0) is 16.0 Å². The van der Waals surface area contributed by atoms with Gasteiger partial charge in [0, 0.05) is 23.8 Å². The fraction of sp³-hybridized carbons (Fsp3) is 0.346. The third-order valence-corrected chi connectivity index (χ3v) is 6.72. The first kappa shape index (κ1) is 23.1. The normalized spacial score (nSPS) is 18.8. The number of benzene rings is 2. The van der Waals surface area contributed by atoms with E-state index >= 15 is 0 Å². The van der Waals surface area contributed by atoms with Crippen molar-refractivity contribution in [1.29, 1.82) is 0 Å². The number of aryl methyl sites for hydroxylation is 1. The molecule has 0 aliphatic carbocycles. The lowest BCUT2D eigenvalue weighted by Crippen LogP contribution is -2.43. The van der Waals surface area contributed by atoms with Gasteiger partial charge in [-0.05, 0) is 68.0 Å². The average molecular weight is 466 g/mol. The van der Waals surface area contributed by atoms with Crippen LogP contribution in [-0.4, -0.2) is 35.2 Å². The molecule has 0 spiro atoms. The fourth-order valence-corrected chi connectivity index (χ4v) is 4.67. The smallest absolute Gasteiger partial charge is 0.283 e. The molecule has 2 aromatic carbocycles. The van der Waals surface area contributed by atoms with Crippen molar-refractivity contribution in [2.75, 3.05) is 16.8 Å². The third kappa shape index (κ3) is 4.53. The highest BCUT2D eigenvalue weighted by Gasteiger charge is 2.39. The molecule has 1 saturated heterocycles. The second kappa shape index (κ2) is 9.79. The summed E-state index contributed by atoms with van der Waals surface area (Å²) >= 11 is 6.27. The molecule has 0 aromatic heterocycles. The number of anilines is 2. The zero-order valence-electron chi connectivity index (χ0n) is 18.9. The van der Waals surface area contributed by atoms with Crippen LogP contribution in [0.1, 0.15) is 55.5 Å². The van der Waals surface area contributed by atoms with E-state index in [0.29, 0.717) is 16.9 Å². The molecule has 0 radical (unpaired) electrons. The lowest BCUT2D eigenvalue weighted by atomic mass is 9.99. The van der Waals surface area contributed by atoms with Gasteiger partial charge < -0.3 is 10.2 Å². The summed E-state index contributed by atoms with van der Waals surface area (Å²) in [5.74, 6) is -1.11. The minimum atomic E-state index is -0.570. The molecule has 2 aliphatic heterocycles. The van der Waals surface area contributed by atoms with Gasteiger partial charge >= 0.3 is 0 Å². The summed E-state index contributed by atoms with van der Waals surface area (Å²) in [6, 6.07) is 14.5. The Morgan fingerprint density at radius 2 is 1.82 bits per heavy atom. The Bertz CT molecular complexity index is 1110. The average Bonchev–Trinajstić information content (AvgIpc) is 3.06. The molecule has 2 aliphatic rings. The largest absolute Gasteiger partial charge is 0.350 e. The minimum absolute atomic E-state index is 0.00948. The van der Waals surface area contributed by atoms with E-state index < -0.39 is 11.8 Å². The van der Waals surface area contributed by atoms with Crippen molar-refractivity contribution in [3.8, 4) is 0 Å². The van der Waals surface area contributed by atoms with E-state index in [-0.39, 0.29) is 22.7 Å². The van der Waals surface area contributed by atoms with Crippen LogP contribution >= 0.6 is 11.6 Å². The zero-order chi connectivity index (χ0) is 23.5. The Balaban J connectivity index is 1.54. The zero-order valence-corrected chi connectivity index (χ0v) is 19.7. The number of rotatable bonds is 6. The first-order chi connectivity index (χ1) is 15.9. The maximum absolute atomic E-state index is 13.2. The van der Waals surface area contributed by atoms with Gasteiger partial charge in [-0.3, -0.25) is 14.4 Å². The summed E-state index contributed by atoms with van der Waals surface area (Å²) < 4.78 is 0. The quantitative estimate of drug-likeness (QED) is 0.603. The van der Waals surface area contributed by atoms with Crippen molar-refractivity contribution in [3.63, 3.8) is 0 Å². The van der Waals surface area contributed by atoms with Gasteiger partial charge in [-0.1, -0.05) is 43.6 Å². The van der Waals surface area contributed by atoms with Gasteiger partial charge in [-0.15, -0.1) is 0 Å². The summed E-state index contributed by atoms with van der Waals surface area (Å²) in [6.45, 7) is 4.89. The molecule has 33 heavy (non-hydrogen) atoms. The molecule has 3 amide bonds. The van der Waals surface area contributed by atoms with Crippen LogP contribution in [0.5, 0.6) is 0 Å². The molecular formula is C26H28ClN3O3. The molecule has 1 N–H and O–H groups in total. The summed E-state index contributed by atoms with van der Waals surface area (Å²) in [5, 5.41) is 2.81. The van der Waals surface area contributed by atoms with Crippen molar-refractivity contribution in [2.24, 2.45) is 0 Å². The summed E-state index contributed by atoms with van der Waals surface area (Å²) in [6.07, 6.45) is 4.96. The van der Waals surface area contributed by atoms with Crippen molar-refractivity contribution in [1.82, 2.24) is 4.90 Å². The van der Waals surface area contributed by atoms with Gasteiger partial charge in [-0.25, -0.2) is 4.90 Å². The monoisotopic (exact) mass is 465 g/mol. The van der Waals surface area contributed by atoms with Crippen LogP contribution in [0.25, 0.3) is 0 Å². The first-order valence-corrected chi connectivity index (χ1v) is 11.9. The van der Waals surface area contributed by atoms with Crippen molar-refractivity contribution in [2.45, 2.75) is 52.0 Å². The van der Waals surface area contributed by atoms with E-state index in [1.807, 2.05) is 24.0 Å².